The van der Waals surface area contributed by atoms with Crippen LogP contribution in [0, 0.1) is 11.7 Å². The van der Waals surface area contributed by atoms with Gasteiger partial charge in [-0.25, -0.2) is 17.6 Å². The van der Waals surface area contributed by atoms with Gasteiger partial charge in [-0.05, 0) is 54.3 Å². The predicted molar refractivity (Wildman–Crippen MR) is 165 cm³/mol. The molecule has 0 aromatic heterocycles. The summed E-state index contributed by atoms with van der Waals surface area (Å²) < 4.78 is 143. The first kappa shape index (κ1) is 37.8. The molecule has 3 aromatic rings. The van der Waals surface area contributed by atoms with E-state index in [9.17, 15) is 58.2 Å². The van der Waals surface area contributed by atoms with Crippen LogP contribution in [0.4, 0.5) is 45.6 Å². The van der Waals surface area contributed by atoms with E-state index < -0.39 is 87.4 Å². The van der Waals surface area contributed by atoms with Crippen LogP contribution in [0.1, 0.15) is 29.5 Å². The number of halogens is 8. The summed E-state index contributed by atoms with van der Waals surface area (Å²) in [5, 5.41) is 12.5. The summed E-state index contributed by atoms with van der Waals surface area (Å²) in [5.74, 6) is -2.43. The van der Waals surface area contributed by atoms with Gasteiger partial charge in [0.25, 0.3) is 15.6 Å². The van der Waals surface area contributed by atoms with E-state index in [2.05, 4.69) is 5.32 Å². The van der Waals surface area contributed by atoms with Gasteiger partial charge in [0.2, 0.25) is 5.91 Å². The van der Waals surface area contributed by atoms with Gasteiger partial charge in [-0.15, -0.1) is 0 Å². The third kappa shape index (κ3) is 7.61. The van der Waals surface area contributed by atoms with E-state index in [1.54, 1.807) is 30.3 Å². The molecular formula is C33H31F8N3O6S. The molecule has 51 heavy (non-hydrogen) atoms. The molecule has 9 nitrogen and oxygen atoms in total. The number of carbonyl (C=O) groups excluding carboxylic acids is 2. The predicted octanol–water partition coefficient (Wildman–Crippen LogP) is 5.76. The van der Waals surface area contributed by atoms with Crippen LogP contribution in [0.25, 0.3) is 0 Å². The van der Waals surface area contributed by atoms with E-state index in [0.29, 0.717) is 28.1 Å². The zero-order chi connectivity index (χ0) is 37.4. The maximum Gasteiger partial charge on any atom is 0.430 e. The molecule has 3 aromatic carbocycles. The molecule has 1 saturated heterocycles. The van der Waals surface area contributed by atoms with E-state index in [1.165, 1.54) is 4.90 Å². The highest BCUT2D eigenvalue weighted by atomic mass is 32.2. The Morgan fingerprint density at radius 1 is 0.922 bits per heavy atom. The Balaban J connectivity index is 1.39. The molecule has 2 amide bonds. The molecule has 0 aliphatic carbocycles. The molecule has 276 valence electrons. The first-order chi connectivity index (χ1) is 23.9. The fourth-order valence-corrected chi connectivity index (χ4v) is 7.93. The number of benzene rings is 3. The Morgan fingerprint density at radius 2 is 1.57 bits per heavy atom. The van der Waals surface area contributed by atoms with Crippen molar-refractivity contribution in [3.05, 3.63) is 95.3 Å². The number of aryl methyl sites for hydroxylation is 1. The molecule has 0 radical (unpaired) electrons. The number of hydrogen-bond donors (Lipinski definition) is 2. The largest absolute Gasteiger partial charge is 0.445 e. The highest BCUT2D eigenvalue weighted by Gasteiger charge is 2.71. The number of ether oxygens (including phenoxy) is 1. The van der Waals surface area contributed by atoms with Gasteiger partial charge < -0.3 is 20.1 Å². The van der Waals surface area contributed by atoms with Gasteiger partial charge in [0.1, 0.15) is 12.4 Å². The summed E-state index contributed by atoms with van der Waals surface area (Å²) in [6.07, 6.45) is -14.3. The van der Waals surface area contributed by atoms with Crippen molar-refractivity contribution >= 4 is 27.7 Å². The summed E-state index contributed by atoms with van der Waals surface area (Å²) in [4.78, 5) is 26.8. The maximum atomic E-state index is 14.0. The second-order valence-corrected chi connectivity index (χ2v) is 14.0. The number of fused-ring (bicyclic) bond motifs is 1. The zero-order valence-corrected chi connectivity index (χ0v) is 27.2. The SMILES string of the molecule is O=C(C[C@@H]1CCc2cc(C(O)(C(F)(F)F)C(F)(F)F)ccc2N1S(=O)(=O)c1ccc(F)cc1)N[C@H]1CN(C(=O)OCc2ccccc2)C[C@H]1CF. The van der Waals surface area contributed by atoms with Crippen LogP contribution in [0.2, 0.25) is 0 Å². The van der Waals surface area contributed by atoms with Crippen LogP contribution in [0.5, 0.6) is 0 Å². The molecule has 2 heterocycles. The van der Waals surface area contributed by atoms with Crippen molar-refractivity contribution in [3.63, 3.8) is 0 Å². The lowest BCUT2D eigenvalue weighted by Gasteiger charge is -2.39. The van der Waals surface area contributed by atoms with Crippen molar-refractivity contribution in [2.24, 2.45) is 5.92 Å². The number of aliphatic hydroxyl groups is 1. The minimum absolute atomic E-state index is 0.0534. The number of likely N-dealkylation sites (tertiary alicyclic amines) is 1. The number of nitrogens with one attached hydrogen (secondary N) is 1. The van der Waals surface area contributed by atoms with E-state index in [-0.39, 0.29) is 43.8 Å². The highest BCUT2D eigenvalue weighted by molar-refractivity contribution is 7.92. The lowest BCUT2D eigenvalue weighted by atomic mass is 9.87. The Bertz CT molecular complexity index is 1830. The van der Waals surface area contributed by atoms with Crippen LogP contribution in [-0.4, -0.2) is 74.6 Å². The lowest BCUT2D eigenvalue weighted by molar-refractivity contribution is -0.376. The summed E-state index contributed by atoms with van der Waals surface area (Å²) in [6.45, 7) is -1.22. The first-order valence-electron chi connectivity index (χ1n) is 15.5. The second kappa shape index (κ2) is 14.3. The van der Waals surface area contributed by atoms with E-state index in [4.69, 9.17) is 4.74 Å². The minimum atomic E-state index is -6.19. The van der Waals surface area contributed by atoms with Crippen molar-refractivity contribution in [3.8, 4) is 0 Å². The molecule has 0 saturated carbocycles. The van der Waals surface area contributed by atoms with Crippen LogP contribution in [-0.2, 0) is 38.2 Å². The first-order valence-corrected chi connectivity index (χ1v) is 16.9. The molecule has 2 aliphatic rings. The molecule has 18 heteroatoms. The van der Waals surface area contributed by atoms with Crippen molar-refractivity contribution in [2.45, 2.75) is 60.8 Å². The monoisotopic (exact) mass is 749 g/mol. The Hall–Kier alpha value is -4.45. The number of carbonyl (C=O) groups is 2. The minimum Gasteiger partial charge on any atom is -0.445 e. The smallest absolute Gasteiger partial charge is 0.430 e. The summed E-state index contributed by atoms with van der Waals surface area (Å²) >= 11 is 0. The van der Waals surface area contributed by atoms with Crippen molar-refractivity contribution in [1.82, 2.24) is 10.2 Å². The average Bonchev–Trinajstić information content (AvgIpc) is 3.48. The molecule has 1 fully saturated rings. The number of anilines is 1. The Kier molecular flexibility index (Phi) is 10.6. The summed E-state index contributed by atoms with van der Waals surface area (Å²) in [6, 6.07) is 11.4. The standard InChI is InChI=1S/C33H31F8N3O6S/c34-16-22-17-43(30(46)50-19-20-4-2-1-3-5-20)18-27(22)42-29(45)15-25-10-6-21-14-23(31(47,32(36,37)38)33(39,40)41)7-13-28(21)44(25)51(48,49)26-11-8-24(35)9-12-26/h1-5,7-9,11-14,22,25,27,47H,6,10,15-19H2,(H,42,45)/t22-,25+,27+/m1/s1. The van der Waals surface area contributed by atoms with Gasteiger partial charge in [0, 0.05) is 31.0 Å². The van der Waals surface area contributed by atoms with E-state index in [1.807, 2.05) is 0 Å². The Morgan fingerprint density at radius 3 is 2.18 bits per heavy atom. The zero-order valence-electron chi connectivity index (χ0n) is 26.4. The highest BCUT2D eigenvalue weighted by Crippen LogP contribution is 2.51. The quantitative estimate of drug-likeness (QED) is 0.269. The normalized spacial score (nSPS) is 19.8. The average molecular weight is 750 g/mol. The molecule has 0 unspecified atom stereocenters. The van der Waals surface area contributed by atoms with Gasteiger partial charge >= 0.3 is 18.4 Å². The summed E-state index contributed by atoms with van der Waals surface area (Å²) in [7, 11) is -4.73. The van der Waals surface area contributed by atoms with E-state index >= 15 is 0 Å². The molecule has 0 spiro atoms. The van der Waals surface area contributed by atoms with Crippen molar-refractivity contribution < 1.29 is 63.0 Å². The molecule has 3 atom stereocenters. The number of rotatable bonds is 9. The van der Waals surface area contributed by atoms with Gasteiger partial charge in [-0.3, -0.25) is 13.5 Å². The third-order valence-electron chi connectivity index (χ3n) is 8.87. The summed E-state index contributed by atoms with van der Waals surface area (Å²) in [5.41, 5.74) is -6.84. The van der Waals surface area contributed by atoms with Crippen LogP contribution in [0.15, 0.2) is 77.7 Å². The van der Waals surface area contributed by atoms with Crippen LogP contribution < -0.4 is 9.62 Å². The van der Waals surface area contributed by atoms with Crippen molar-refractivity contribution in [1.29, 1.82) is 0 Å². The molecular weight excluding hydrogens is 718 g/mol. The molecule has 5 rings (SSSR count). The van der Waals surface area contributed by atoms with Crippen LogP contribution >= 0.6 is 0 Å². The van der Waals surface area contributed by atoms with Crippen LogP contribution in [0.3, 0.4) is 0 Å². The fraction of sp³-hybridized carbons (Fsp3) is 0.394. The number of amides is 2. The number of nitrogens with zero attached hydrogens (tertiary/aromatic N) is 2. The number of sulfonamides is 1. The topological polar surface area (TPSA) is 116 Å². The van der Waals surface area contributed by atoms with Gasteiger partial charge in [-0.2, -0.15) is 26.3 Å². The van der Waals surface area contributed by atoms with Gasteiger partial charge in [0.15, 0.2) is 0 Å². The van der Waals surface area contributed by atoms with Gasteiger partial charge in [0.05, 0.1) is 29.3 Å². The molecule has 2 aliphatic heterocycles. The van der Waals surface area contributed by atoms with E-state index in [0.717, 1.165) is 24.3 Å². The molecule has 2 N–H and O–H groups in total. The number of hydrogen-bond acceptors (Lipinski definition) is 6. The maximum absolute atomic E-state index is 14.0. The second-order valence-electron chi connectivity index (χ2n) is 12.2. The molecule has 0 bridgehead atoms. The fourth-order valence-electron chi connectivity index (χ4n) is 6.21. The van der Waals surface area contributed by atoms with Crippen molar-refractivity contribution in [2.75, 3.05) is 24.1 Å². The number of alkyl halides is 7. The lowest BCUT2D eigenvalue weighted by Crippen LogP contribution is -2.54. The Labute approximate surface area is 286 Å². The van der Waals surface area contributed by atoms with Gasteiger partial charge in [-0.1, -0.05) is 42.5 Å². The third-order valence-corrected chi connectivity index (χ3v) is 10.8.